The average Bonchev–Trinajstić information content (AvgIpc) is 3.02. The van der Waals surface area contributed by atoms with Crippen LogP contribution >= 0.6 is 0 Å². The summed E-state index contributed by atoms with van der Waals surface area (Å²) in [5.41, 5.74) is 2.81. The van der Waals surface area contributed by atoms with Crippen LogP contribution in [-0.4, -0.2) is 30.1 Å². The Hall–Kier alpha value is -2.86. The maximum atomic E-state index is 12.7. The molecule has 4 rings (SSSR count). The molecule has 2 aliphatic heterocycles. The maximum Gasteiger partial charge on any atom is 0.323 e. The molecule has 2 bridgehead atoms. The second-order valence-corrected chi connectivity index (χ2v) is 7.75. The zero-order chi connectivity index (χ0) is 19.5. The molecule has 6 nitrogen and oxygen atoms in total. The lowest BCUT2D eigenvalue weighted by Crippen LogP contribution is -2.48. The highest BCUT2D eigenvalue weighted by Gasteiger charge is 2.34. The van der Waals surface area contributed by atoms with Crippen LogP contribution in [0.2, 0.25) is 0 Å². The zero-order valence-corrected chi connectivity index (χ0v) is 16.0. The van der Waals surface area contributed by atoms with Crippen LogP contribution in [0.1, 0.15) is 41.6 Å². The highest BCUT2D eigenvalue weighted by molar-refractivity contribution is 6.02. The van der Waals surface area contributed by atoms with Gasteiger partial charge in [0.05, 0.1) is 0 Å². The molecule has 0 aliphatic carbocycles. The quantitative estimate of drug-likeness (QED) is 0.655. The molecule has 2 aromatic rings. The number of aryl methyl sites for hydroxylation is 1. The van der Waals surface area contributed by atoms with Crippen LogP contribution < -0.4 is 21.3 Å². The van der Waals surface area contributed by atoms with Gasteiger partial charge in [-0.15, -0.1) is 0 Å². The van der Waals surface area contributed by atoms with Crippen molar-refractivity contribution in [2.75, 3.05) is 10.6 Å². The average molecular weight is 378 g/mol. The SMILES string of the molecule is Cc1ccc(C(=O)NC2CC3CCC(C2)N3)cc1NC(=O)Nc1ccccc1. The van der Waals surface area contributed by atoms with Crippen LogP contribution in [0.4, 0.5) is 16.2 Å². The van der Waals surface area contributed by atoms with E-state index in [0.717, 1.165) is 18.4 Å². The van der Waals surface area contributed by atoms with Crippen molar-refractivity contribution in [1.29, 1.82) is 0 Å². The lowest BCUT2D eigenvalue weighted by atomic mass is 9.99. The standard InChI is InChI=1S/C22H26N4O2/c1-14-7-8-15(21(27)24-19-12-17-9-10-18(13-19)23-17)11-20(14)26-22(28)25-16-5-3-2-4-6-16/h2-8,11,17-19,23H,9-10,12-13H2,1H3,(H,24,27)(H2,25,26,28). The molecule has 0 radical (unpaired) electrons. The minimum absolute atomic E-state index is 0.0854. The van der Waals surface area contributed by atoms with Crippen molar-refractivity contribution in [3.63, 3.8) is 0 Å². The van der Waals surface area contributed by atoms with Gasteiger partial charge in [0, 0.05) is 35.1 Å². The summed E-state index contributed by atoms with van der Waals surface area (Å²) in [4.78, 5) is 25.0. The summed E-state index contributed by atoms with van der Waals surface area (Å²) in [6.07, 6.45) is 4.37. The van der Waals surface area contributed by atoms with E-state index in [2.05, 4.69) is 21.3 Å². The summed E-state index contributed by atoms with van der Waals surface area (Å²) >= 11 is 0. The van der Waals surface area contributed by atoms with Gasteiger partial charge in [0.2, 0.25) is 0 Å². The Kier molecular flexibility index (Phi) is 5.30. The Morgan fingerprint density at radius 3 is 2.39 bits per heavy atom. The molecular weight excluding hydrogens is 352 g/mol. The molecule has 3 amide bonds. The van der Waals surface area contributed by atoms with Gasteiger partial charge in [-0.05, 0) is 62.4 Å². The lowest BCUT2D eigenvalue weighted by Gasteiger charge is -2.29. The molecule has 2 unspecified atom stereocenters. The summed E-state index contributed by atoms with van der Waals surface area (Å²) in [5.74, 6) is -0.0854. The maximum absolute atomic E-state index is 12.7. The number of nitrogens with one attached hydrogen (secondary N) is 4. The molecule has 2 heterocycles. The third kappa shape index (κ3) is 4.34. The smallest absolute Gasteiger partial charge is 0.323 e. The fraction of sp³-hybridized carbons (Fsp3) is 0.364. The molecule has 0 spiro atoms. The van der Waals surface area contributed by atoms with Gasteiger partial charge in [-0.3, -0.25) is 4.79 Å². The van der Waals surface area contributed by atoms with Crippen molar-refractivity contribution < 1.29 is 9.59 Å². The summed E-state index contributed by atoms with van der Waals surface area (Å²) in [6, 6.07) is 15.6. The van der Waals surface area contributed by atoms with Crippen molar-refractivity contribution in [1.82, 2.24) is 10.6 Å². The van der Waals surface area contributed by atoms with E-state index in [-0.39, 0.29) is 18.0 Å². The van der Waals surface area contributed by atoms with Crippen molar-refractivity contribution in [2.45, 2.75) is 50.7 Å². The second-order valence-electron chi connectivity index (χ2n) is 7.75. The Morgan fingerprint density at radius 2 is 1.68 bits per heavy atom. The minimum atomic E-state index is -0.332. The minimum Gasteiger partial charge on any atom is -0.349 e. The number of rotatable bonds is 4. The first kappa shape index (κ1) is 18.5. The van der Waals surface area contributed by atoms with Gasteiger partial charge < -0.3 is 21.3 Å². The molecule has 2 saturated heterocycles. The fourth-order valence-corrected chi connectivity index (χ4v) is 4.15. The molecule has 2 fully saturated rings. The van der Waals surface area contributed by atoms with Crippen LogP contribution in [0.3, 0.4) is 0 Å². The predicted octanol–water partition coefficient (Wildman–Crippen LogP) is 3.65. The number of amides is 3. The summed E-state index contributed by atoms with van der Waals surface area (Å²) in [5, 5.41) is 12.4. The van der Waals surface area contributed by atoms with Crippen LogP contribution in [0.25, 0.3) is 0 Å². The van der Waals surface area contributed by atoms with Crippen molar-refractivity contribution in [3.05, 3.63) is 59.7 Å². The van der Waals surface area contributed by atoms with Crippen LogP contribution in [0.15, 0.2) is 48.5 Å². The van der Waals surface area contributed by atoms with Crippen molar-refractivity contribution in [2.24, 2.45) is 0 Å². The van der Waals surface area contributed by atoms with Crippen LogP contribution in [0, 0.1) is 6.92 Å². The lowest BCUT2D eigenvalue weighted by molar-refractivity contribution is 0.0924. The molecule has 146 valence electrons. The molecule has 4 N–H and O–H groups in total. The van der Waals surface area contributed by atoms with Crippen molar-refractivity contribution >= 4 is 23.3 Å². The largest absolute Gasteiger partial charge is 0.349 e. The van der Waals surface area contributed by atoms with E-state index in [1.54, 1.807) is 12.1 Å². The molecule has 28 heavy (non-hydrogen) atoms. The molecule has 0 aromatic heterocycles. The number of para-hydroxylation sites is 1. The Morgan fingerprint density at radius 1 is 0.964 bits per heavy atom. The monoisotopic (exact) mass is 378 g/mol. The number of anilines is 2. The van der Waals surface area contributed by atoms with Gasteiger partial charge in [0.15, 0.2) is 0 Å². The molecular formula is C22H26N4O2. The van der Waals surface area contributed by atoms with E-state index in [9.17, 15) is 9.59 Å². The highest BCUT2D eigenvalue weighted by atomic mass is 16.2. The fourth-order valence-electron chi connectivity index (χ4n) is 4.15. The van der Waals surface area contributed by atoms with E-state index < -0.39 is 0 Å². The molecule has 2 aliphatic rings. The first-order valence-corrected chi connectivity index (χ1v) is 9.87. The predicted molar refractivity (Wildman–Crippen MR) is 111 cm³/mol. The van der Waals surface area contributed by atoms with Gasteiger partial charge in [-0.1, -0.05) is 24.3 Å². The second kappa shape index (κ2) is 8.02. The molecule has 2 atom stereocenters. The van der Waals surface area contributed by atoms with Crippen molar-refractivity contribution in [3.8, 4) is 0 Å². The van der Waals surface area contributed by atoms with Gasteiger partial charge in [0.1, 0.15) is 0 Å². The summed E-state index contributed by atoms with van der Waals surface area (Å²) in [7, 11) is 0. The Bertz CT molecular complexity index is 856. The van der Waals surface area contributed by atoms with Gasteiger partial charge in [-0.25, -0.2) is 4.79 Å². The van der Waals surface area contributed by atoms with E-state index in [0.29, 0.717) is 29.0 Å². The number of piperidine rings is 1. The Balaban J connectivity index is 1.40. The highest BCUT2D eigenvalue weighted by Crippen LogP contribution is 2.27. The normalized spacial score (nSPS) is 23.1. The summed E-state index contributed by atoms with van der Waals surface area (Å²) in [6.45, 7) is 1.91. The topological polar surface area (TPSA) is 82.3 Å². The van der Waals surface area contributed by atoms with E-state index in [4.69, 9.17) is 0 Å². The number of carbonyl (C=O) groups is 2. The third-order valence-electron chi connectivity index (χ3n) is 5.59. The number of benzene rings is 2. The number of hydrogen-bond donors (Lipinski definition) is 4. The van der Waals surface area contributed by atoms with E-state index in [1.807, 2.05) is 43.3 Å². The number of carbonyl (C=O) groups excluding carboxylic acids is 2. The summed E-state index contributed by atoms with van der Waals surface area (Å²) < 4.78 is 0. The number of hydrogen-bond acceptors (Lipinski definition) is 3. The third-order valence-corrected chi connectivity index (χ3v) is 5.59. The Labute approximate surface area is 165 Å². The molecule has 0 saturated carbocycles. The van der Waals surface area contributed by atoms with E-state index >= 15 is 0 Å². The van der Waals surface area contributed by atoms with Crippen LogP contribution in [-0.2, 0) is 0 Å². The zero-order valence-electron chi connectivity index (χ0n) is 16.0. The van der Waals surface area contributed by atoms with Gasteiger partial charge in [-0.2, -0.15) is 0 Å². The van der Waals surface area contributed by atoms with Gasteiger partial charge in [0.25, 0.3) is 5.91 Å². The van der Waals surface area contributed by atoms with Crippen LogP contribution in [0.5, 0.6) is 0 Å². The number of fused-ring (bicyclic) bond motifs is 2. The first-order chi connectivity index (χ1) is 13.6. The molecule has 2 aromatic carbocycles. The van der Waals surface area contributed by atoms with Gasteiger partial charge >= 0.3 is 6.03 Å². The van der Waals surface area contributed by atoms with E-state index in [1.165, 1.54) is 12.8 Å². The first-order valence-electron chi connectivity index (χ1n) is 9.87. The number of urea groups is 1. The molecule has 6 heteroatoms.